The molecule has 0 bridgehead atoms. The molecule has 0 aromatic heterocycles. The van der Waals surface area contributed by atoms with E-state index < -0.39 is 31.7 Å². The van der Waals surface area contributed by atoms with E-state index in [2.05, 4.69) is 5.32 Å². The van der Waals surface area contributed by atoms with Gasteiger partial charge in [-0.1, -0.05) is 31.2 Å². The molecule has 174 valence electrons. The molecular formula is C21H27N3O6S2. The Hall–Kier alpha value is -2.47. The molecule has 1 aliphatic rings. The first-order chi connectivity index (χ1) is 14.9. The van der Waals surface area contributed by atoms with E-state index in [0.29, 0.717) is 5.69 Å². The van der Waals surface area contributed by atoms with Gasteiger partial charge in [0.05, 0.1) is 4.90 Å². The highest BCUT2D eigenvalue weighted by atomic mass is 32.2. The number of nitrogens with zero attached hydrogens (tertiary/aromatic N) is 1. The summed E-state index contributed by atoms with van der Waals surface area (Å²) in [7, 11) is -7.80. The number of nitrogens with one attached hydrogen (secondary N) is 1. The Balaban J connectivity index is 1.66. The van der Waals surface area contributed by atoms with Crippen molar-refractivity contribution in [2.45, 2.75) is 41.7 Å². The van der Waals surface area contributed by atoms with Gasteiger partial charge in [-0.2, -0.15) is 4.31 Å². The fourth-order valence-electron chi connectivity index (χ4n) is 3.47. The molecule has 0 aliphatic carbocycles. The molecule has 0 radical (unpaired) electrons. The van der Waals surface area contributed by atoms with Gasteiger partial charge in [0.1, 0.15) is 4.90 Å². The first-order valence-corrected chi connectivity index (χ1v) is 13.4. The van der Waals surface area contributed by atoms with Crippen molar-refractivity contribution in [2.24, 2.45) is 5.73 Å². The number of hydrogen-bond acceptors (Lipinski definition) is 7. The van der Waals surface area contributed by atoms with E-state index >= 15 is 0 Å². The fraction of sp³-hybridized carbons (Fsp3) is 0.381. The molecule has 0 saturated carbocycles. The lowest BCUT2D eigenvalue weighted by Crippen LogP contribution is -2.54. The van der Waals surface area contributed by atoms with Crippen molar-refractivity contribution in [3.8, 4) is 0 Å². The average Bonchev–Trinajstić information content (AvgIpc) is 2.73. The van der Waals surface area contributed by atoms with Gasteiger partial charge in [0.25, 0.3) is 0 Å². The first kappa shape index (κ1) is 24.2. The second kappa shape index (κ2) is 9.18. The van der Waals surface area contributed by atoms with Crippen molar-refractivity contribution in [3.05, 3.63) is 54.1 Å². The molecule has 11 heteroatoms. The van der Waals surface area contributed by atoms with Crippen LogP contribution in [-0.4, -0.2) is 52.3 Å². The van der Waals surface area contributed by atoms with Crippen LogP contribution in [0.2, 0.25) is 0 Å². The minimum absolute atomic E-state index is 0.0184. The Morgan fingerprint density at radius 1 is 1.03 bits per heavy atom. The van der Waals surface area contributed by atoms with Crippen molar-refractivity contribution in [1.82, 2.24) is 4.31 Å². The molecule has 0 spiro atoms. The smallest absolute Gasteiger partial charge is 0.413 e. The second-order valence-electron chi connectivity index (χ2n) is 7.75. The molecule has 2 aromatic rings. The van der Waals surface area contributed by atoms with Gasteiger partial charge in [-0.25, -0.2) is 21.6 Å². The predicted molar refractivity (Wildman–Crippen MR) is 120 cm³/mol. The van der Waals surface area contributed by atoms with Crippen LogP contribution in [0, 0.1) is 0 Å². The molecule has 1 saturated heterocycles. The fourth-order valence-corrected chi connectivity index (χ4v) is 6.51. The number of hydrogen-bond donors (Lipinski definition) is 2. The lowest BCUT2D eigenvalue weighted by molar-refractivity contribution is -0.0116. The van der Waals surface area contributed by atoms with Gasteiger partial charge in [-0.15, -0.1) is 0 Å². The van der Waals surface area contributed by atoms with E-state index in [4.69, 9.17) is 10.5 Å². The third-order valence-corrected chi connectivity index (χ3v) is 8.58. The first-order valence-electron chi connectivity index (χ1n) is 10.1. The van der Waals surface area contributed by atoms with Crippen molar-refractivity contribution >= 4 is 31.6 Å². The summed E-state index contributed by atoms with van der Waals surface area (Å²) in [5.74, 6) is 0. The molecular weight excluding hydrogens is 454 g/mol. The van der Waals surface area contributed by atoms with E-state index in [1.807, 2.05) is 19.1 Å². The number of carbonyl (C=O) groups is 1. The van der Waals surface area contributed by atoms with Gasteiger partial charge in [0.15, 0.2) is 15.6 Å². The molecule has 0 unspecified atom stereocenters. The van der Waals surface area contributed by atoms with Gasteiger partial charge < -0.3 is 4.74 Å². The van der Waals surface area contributed by atoms with Crippen molar-refractivity contribution < 1.29 is 26.4 Å². The van der Waals surface area contributed by atoms with Crippen LogP contribution in [0.5, 0.6) is 0 Å². The molecule has 2 aromatic carbocycles. The number of piperidine rings is 1. The highest BCUT2D eigenvalue weighted by molar-refractivity contribution is 7.93. The predicted octanol–water partition coefficient (Wildman–Crippen LogP) is 2.34. The molecule has 0 atom stereocenters. The molecule has 1 heterocycles. The standard InChI is InChI=1S/C21H27N3O6S2/c1-3-16-8-10-17(11-9-16)23-20(25)30-21(22)12-14-24(15-13-21)32(28,29)19-7-5-4-6-18(19)31(2,26)27/h4-11H,3,12-15,22H2,1-2H3,(H,23,25). The van der Waals surface area contributed by atoms with Crippen molar-refractivity contribution in [1.29, 1.82) is 0 Å². The number of benzene rings is 2. The normalized spacial score (nSPS) is 17.0. The monoisotopic (exact) mass is 481 g/mol. The highest BCUT2D eigenvalue weighted by Crippen LogP contribution is 2.29. The number of ether oxygens (including phenoxy) is 1. The minimum Gasteiger partial charge on any atom is -0.428 e. The summed E-state index contributed by atoms with van der Waals surface area (Å²) in [4.78, 5) is 11.8. The maximum Gasteiger partial charge on any atom is 0.413 e. The molecule has 1 fully saturated rings. The highest BCUT2D eigenvalue weighted by Gasteiger charge is 2.39. The Bertz CT molecular complexity index is 1190. The summed E-state index contributed by atoms with van der Waals surface area (Å²) < 4.78 is 56.8. The number of amides is 1. The van der Waals surface area contributed by atoms with E-state index in [1.54, 1.807) is 12.1 Å². The number of nitrogens with two attached hydrogens (primary N) is 1. The lowest BCUT2D eigenvalue weighted by atomic mass is 10.0. The van der Waals surface area contributed by atoms with Gasteiger partial charge in [0.2, 0.25) is 10.0 Å². The zero-order chi connectivity index (χ0) is 23.6. The molecule has 1 aliphatic heterocycles. The topological polar surface area (TPSA) is 136 Å². The third kappa shape index (κ3) is 5.47. The Morgan fingerprint density at radius 3 is 2.12 bits per heavy atom. The second-order valence-corrected chi connectivity index (χ2v) is 11.6. The molecule has 1 amide bonds. The van der Waals surface area contributed by atoms with Crippen LogP contribution in [-0.2, 0) is 31.0 Å². The minimum atomic E-state index is -4.07. The van der Waals surface area contributed by atoms with E-state index in [0.717, 1.165) is 22.5 Å². The van der Waals surface area contributed by atoms with Crippen LogP contribution in [0.1, 0.15) is 25.3 Å². The number of carbonyl (C=O) groups excluding carboxylic acids is 1. The number of sulfonamides is 1. The van der Waals surface area contributed by atoms with E-state index in [1.165, 1.54) is 24.3 Å². The Morgan fingerprint density at radius 2 is 1.59 bits per heavy atom. The maximum absolute atomic E-state index is 13.1. The average molecular weight is 482 g/mol. The van der Waals surface area contributed by atoms with Crippen molar-refractivity contribution in [3.63, 3.8) is 0 Å². The number of aryl methyl sites for hydroxylation is 1. The van der Waals surface area contributed by atoms with Gasteiger partial charge >= 0.3 is 6.09 Å². The van der Waals surface area contributed by atoms with Crippen molar-refractivity contribution in [2.75, 3.05) is 24.7 Å². The Kier molecular flexibility index (Phi) is 6.94. The molecule has 3 rings (SSSR count). The lowest BCUT2D eigenvalue weighted by Gasteiger charge is -2.37. The summed E-state index contributed by atoms with van der Waals surface area (Å²) in [5, 5.41) is 2.62. The zero-order valence-corrected chi connectivity index (χ0v) is 19.6. The summed E-state index contributed by atoms with van der Waals surface area (Å²) in [6, 6.07) is 12.8. The summed E-state index contributed by atoms with van der Waals surface area (Å²) in [6.45, 7) is 1.99. The Labute approximate surface area is 188 Å². The number of anilines is 1. The third-order valence-electron chi connectivity index (χ3n) is 5.34. The van der Waals surface area contributed by atoms with Crippen LogP contribution >= 0.6 is 0 Å². The van der Waals surface area contributed by atoms with Crippen LogP contribution in [0.15, 0.2) is 58.3 Å². The van der Waals surface area contributed by atoms with Gasteiger partial charge in [-0.05, 0) is 36.2 Å². The summed E-state index contributed by atoms with van der Waals surface area (Å²) >= 11 is 0. The molecule has 9 nitrogen and oxygen atoms in total. The summed E-state index contributed by atoms with van der Waals surface area (Å²) in [6.07, 6.45) is 1.25. The van der Waals surface area contributed by atoms with Crippen LogP contribution in [0.3, 0.4) is 0 Å². The number of sulfone groups is 1. The van der Waals surface area contributed by atoms with E-state index in [9.17, 15) is 21.6 Å². The largest absolute Gasteiger partial charge is 0.428 e. The quantitative estimate of drug-likeness (QED) is 0.604. The molecule has 3 N–H and O–H groups in total. The van der Waals surface area contributed by atoms with Gasteiger partial charge in [0, 0.05) is 37.9 Å². The number of rotatable bonds is 6. The van der Waals surface area contributed by atoms with Gasteiger partial charge in [-0.3, -0.25) is 11.1 Å². The van der Waals surface area contributed by atoms with Crippen LogP contribution in [0.4, 0.5) is 10.5 Å². The molecule has 32 heavy (non-hydrogen) atoms. The van der Waals surface area contributed by atoms with Crippen LogP contribution in [0.25, 0.3) is 0 Å². The maximum atomic E-state index is 13.1. The van der Waals surface area contributed by atoms with Crippen LogP contribution < -0.4 is 11.1 Å². The SMILES string of the molecule is CCc1ccc(NC(=O)OC2(N)CCN(S(=O)(=O)c3ccccc3S(C)(=O)=O)CC2)cc1. The van der Waals surface area contributed by atoms with E-state index in [-0.39, 0.29) is 35.7 Å². The zero-order valence-electron chi connectivity index (χ0n) is 17.9. The summed E-state index contributed by atoms with van der Waals surface area (Å²) in [5.41, 5.74) is 6.56.